The summed E-state index contributed by atoms with van der Waals surface area (Å²) >= 11 is 6.15. The van der Waals surface area contributed by atoms with Gasteiger partial charge >= 0.3 is 0 Å². The summed E-state index contributed by atoms with van der Waals surface area (Å²) in [6, 6.07) is 5.32. The zero-order chi connectivity index (χ0) is 13.7. The van der Waals surface area contributed by atoms with Gasteiger partial charge in [-0.1, -0.05) is 31.4 Å². The summed E-state index contributed by atoms with van der Waals surface area (Å²) in [5, 5.41) is 4.31. The van der Waals surface area contributed by atoms with Crippen molar-refractivity contribution in [2.24, 2.45) is 5.92 Å². The first-order valence-electron chi connectivity index (χ1n) is 7.36. The van der Waals surface area contributed by atoms with Crippen LogP contribution in [0.4, 0.5) is 4.39 Å². The van der Waals surface area contributed by atoms with E-state index in [4.69, 9.17) is 11.6 Å². The highest BCUT2D eigenvalue weighted by atomic mass is 35.5. The summed E-state index contributed by atoms with van der Waals surface area (Å²) in [5.41, 5.74) is 0.961. The van der Waals surface area contributed by atoms with E-state index in [2.05, 4.69) is 12.2 Å². The van der Waals surface area contributed by atoms with Crippen LogP contribution in [0, 0.1) is 11.7 Å². The standard InChI is InChI=1S/C16H23ClFN/c1-2-8-19-15-5-3-4-12(10-15)9-13-11-14(18)6-7-16(13)17/h6-7,11-12,15,19H,2-5,8-10H2,1H3. The molecule has 2 unspecified atom stereocenters. The predicted molar refractivity (Wildman–Crippen MR) is 79.2 cm³/mol. The summed E-state index contributed by atoms with van der Waals surface area (Å²) in [4.78, 5) is 0. The quantitative estimate of drug-likeness (QED) is 0.834. The first-order chi connectivity index (χ1) is 9.19. The largest absolute Gasteiger partial charge is 0.314 e. The lowest BCUT2D eigenvalue weighted by atomic mass is 9.82. The van der Waals surface area contributed by atoms with Crippen molar-refractivity contribution >= 4 is 11.6 Å². The van der Waals surface area contributed by atoms with Gasteiger partial charge in [-0.2, -0.15) is 0 Å². The van der Waals surface area contributed by atoms with E-state index in [-0.39, 0.29) is 5.82 Å². The zero-order valence-electron chi connectivity index (χ0n) is 11.6. The topological polar surface area (TPSA) is 12.0 Å². The Morgan fingerprint density at radius 1 is 1.37 bits per heavy atom. The highest BCUT2D eigenvalue weighted by molar-refractivity contribution is 6.31. The maximum Gasteiger partial charge on any atom is 0.123 e. The normalized spacial score (nSPS) is 23.5. The monoisotopic (exact) mass is 283 g/mol. The number of hydrogen-bond acceptors (Lipinski definition) is 1. The van der Waals surface area contributed by atoms with Crippen LogP contribution in [0.5, 0.6) is 0 Å². The molecule has 106 valence electrons. The Balaban J connectivity index is 1.93. The Morgan fingerprint density at radius 3 is 3.00 bits per heavy atom. The van der Waals surface area contributed by atoms with E-state index in [1.165, 1.54) is 38.2 Å². The third kappa shape index (κ3) is 4.47. The van der Waals surface area contributed by atoms with E-state index in [1.54, 1.807) is 12.1 Å². The zero-order valence-corrected chi connectivity index (χ0v) is 12.3. The summed E-state index contributed by atoms with van der Waals surface area (Å²) in [7, 11) is 0. The van der Waals surface area contributed by atoms with Crippen LogP contribution in [-0.2, 0) is 6.42 Å². The fraction of sp³-hybridized carbons (Fsp3) is 0.625. The van der Waals surface area contributed by atoms with Crippen molar-refractivity contribution in [3.8, 4) is 0 Å². The molecule has 0 aliphatic heterocycles. The van der Waals surface area contributed by atoms with Crippen LogP contribution in [0.2, 0.25) is 5.02 Å². The predicted octanol–water partition coefficient (Wildman–Crippen LogP) is 4.58. The molecule has 2 rings (SSSR count). The molecule has 19 heavy (non-hydrogen) atoms. The van der Waals surface area contributed by atoms with Crippen LogP contribution >= 0.6 is 11.6 Å². The van der Waals surface area contributed by atoms with Gasteiger partial charge in [0.2, 0.25) is 0 Å². The number of rotatable bonds is 5. The first-order valence-corrected chi connectivity index (χ1v) is 7.74. The minimum atomic E-state index is -0.184. The number of nitrogens with one attached hydrogen (secondary N) is 1. The van der Waals surface area contributed by atoms with Crippen molar-refractivity contribution < 1.29 is 4.39 Å². The molecule has 2 atom stereocenters. The summed E-state index contributed by atoms with van der Waals surface area (Å²) in [6.45, 7) is 3.29. The molecule has 0 spiro atoms. The molecular weight excluding hydrogens is 261 g/mol. The fourth-order valence-corrected chi connectivity index (χ4v) is 3.22. The third-order valence-corrected chi connectivity index (χ3v) is 4.35. The SMILES string of the molecule is CCCNC1CCCC(Cc2cc(F)ccc2Cl)C1. The molecule has 1 fully saturated rings. The minimum Gasteiger partial charge on any atom is -0.314 e. The molecule has 0 aromatic heterocycles. The molecule has 1 saturated carbocycles. The summed E-state index contributed by atoms with van der Waals surface area (Å²) in [5.74, 6) is 0.443. The van der Waals surface area contributed by atoms with Gasteiger partial charge in [-0.15, -0.1) is 0 Å². The lowest BCUT2D eigenvalue weighted by Crippen LogP contribution is -2.35. The van der Waals surface area contributed by atoms with Crippen LogP contribution in [0.25, 0.3) is 0 Å². The van der Waals surface area contributed by atoms with Crippen LogP contribution < -0.4 is 5.32 Å². The molecule has 1 nitrogen and oxygen atoms in total. The Morgan fingerprint density at radius 2 is 2.21 bits per heavy atom. The van der Waals surface area contributed by atoms with Gasteiger partial charge in [0.15, 0.2) is 0 Å². The second-order valence-electron chi connectivity index (χ2n) is 5.62. The van der Waals surface area contributed by atoms with Gasteiger partial charge < -0.3 is 5.32 Å². The molecule has 1 aromatic rings. The molecule has 0 radical (unpaired) electrons. The first kappa shape index (κ1) is 14.8. The average Bonchev–Trinajstić information content (AvgIpc) is 2.41. The summed E-state index contributed by atoms with van der Waals surface area (Å²) < 4.78 is 13.3. The van der Waals surface area contributed by atoms with Crippen LogP contribution in [-0.4, -0.2) is 12.6 Å². The van der Waals surface area contributed by atoms with Crippen molar-refractivity contribution in [3.63, 3.8) is 0 Å². The van der Waals surface area contributed by atoms with Crippen molar-refractivity contribution in [2.45, 2.75) is 51.5 Å². The molecule has 1 N–H and O–H groups in total. The Hall–Kier alpha value is -0.600. The maximum atomic E-state index is 13.3. The van der Waals surface area contributed by atoms with E-state index < -0.39 is 0 Å². The number of hydrogen-bond donors (Lipinski definition) is 1. The molecule has 0 amide bonds. The molecule has 1 aromatic carbocycles. The lowest BCUT2D eigenvalue weighted by molar-refractivity contribution is 0.284. The molecular formula is C16H23ClFN. The van der Waals surface area contributed by atoms with Gasteiger partial charge in [-0.3, -0.25) is 0 Å². The van der Waals surface area contributed by atoms with E-state index in [9.17, 15) is 4.39 Å². The molecule has 1 aliphatic carbocycles. The van der Waals surface area contributed by atoms with Crippen LogP contribution in [0.15, 0.2) is 18.2 Å². The number of halogens is 2. The molecule has 1 aliphatic rings. The average molecular weight is 284 g/mol. The van der Waals surface area contributed by atoms with Gasteiger partial charge in [0.25, 0.3) is 0 Å². The van der Waals surface area contributed by atoms with Crippen LogP contribution in [0.1, 0.15) is 44.6 Å². The van der Waals surface area contributed by atoms with E-state index >= 15 is 0 Å². The van der Waals surface area contributed by atoms with Crippen molar-refractivity contribution in [2.75, 3.05) is 6.54 Å². The van der Waals surface area contributed by atoms with Crippen molar-refractivity contribution in [3.05, 3.63) is 34.6 Å². The minimum absolute atomic E-state index is 0.184. The van der Waals surface area contributed by atoms with E-state index in [1.807, 2.05) is 0 Å². The van der Waals surface area contributed by atoms with Gasteiger partial charge in [-0.05, 0) is 61.9 Å². The Kier molecular flexibility index (Phi) is 5.65. The van der Waals surface area contributed by atoms with Gasteiger partial charge in [-0.25, -0.2) is 4.39 Å². The highest BCUT2D eigenvalue weighted by Gasteiger charge is 2.22. The van der Waals surface area contributed by atoms with Crippen molar-refractivity contribution in [1.29, 1.82) is 0 Å². The second kappa shape index (κ2) is 7.25. The Bertz CT molecular complexity index is 408. The van der Waals surface area contributed by atoms with Gasteiger partial charge in [0.05, 0.1) is 0 Å². The smallest absolute Gasteiger partial charge is 0.123 e. The Labute approximate surface area is 120 Å². The van der Waals surface area contributed by atoms with Crippen LogP contribution in [0.3, 0.4) is 0 Å². The molecule has 0 bridgehead atoms. The highest BCUT2D eigenvalue weighted by Crippen LogP contribution is 2.30. The third-order valence-electron chi connectivity index (χ3n) is 3.98. The molecule has 3 heteroatoms. The van der Waals surface area contributed by atoms with E-state index in [0.717, 1.165) is 18.5 Å². The fourth-order valence-electron chi connectivity index (χ4n) is 3.02. The number of benzene rings is 1. The summed E-state index contributed by atoms with van der Waals surface area (Å²) in [6.07, 6.45) is 7.04. The van der Waals surface area contributed by atoms with E-state index in [0.29, 0.717) is 17.0 Å². The van der Waals surface area contributed by atoms with Crippen molar-refractivity contribution in [1.82, 2.24) is 5.32 Å². The molecule has 0 heterocycles. The van der Waals surface area contributed by atoms with Gasteiger partial charge in [0.1, 0.15) is 5.82 Å². The maximum absolute atomic E-state index is 13.3. The molecule has 0 saturated heterocycles. The van der Waals surface area contributed by atoms with Gasteiger partial charge in [0, 0.05) is 11.1 Å². The second-order valence-corrected chi connectivity index (χ2v) is 6.03. The lowest BCUT2D eigenvalue weighted by Gasteiger charge is -2.30.